The van der Waals surface area contributed by atoms with E-state index in [0.717, 1.165) is 11.0 Å². The van der Waals surface area contributed by atoms with Crippen LogP contribution in [-0.2, 0) is 16.0 Å². The van der Waals surface area contributed by atoms with Crippen LogP contribution in [0.4, 0.5) is 5.13 Å². The van der Waals surface area contributed by atoms with E-state index >= 15 is 0 Å². The molecule has 0 spiro atoms. The lowest BCUT2D eigenvalue weighted by Crippen LogP contribution is -2.38. The molecule has 6 nitrogen and oxygen atoms in total. The van der Waals surface area contributed by atoms with Gasteiger partial charge in [-0.2, -0.15) is 4.37 Å². The Morgan fingerprint density at radius 2 is 1.96 bits per heavy atom. The van der Waals surface area contributed by atoms with Gasteiger partial charge in [-0.05, 0) is 18.4 Å². The molecule has 0 saturated heterocycles. The fraction of sp³-hybridized carbons (Fsp3) is 0.550. The molecule has 0 radical (unpaired) electrons. The smallest absolute Gasteiger partial charge is 0.221 e. The number of amides is 1. The molecule has 7 heteroatoms. The van der Waals surface area contributed by atoms with E-state index in [4.69, 9.17) is 4.74 Å². The summed E-state index contributed by atoms with van der Waals surface area (Å²) in [7, 11) is 1.68. The van der Waals surface area contributed by atoms with Crippen LogP contribution in [0, 0.1) is 5.92 Å². The number of nitrogens with zero attached hydrogens (tertiary/aromatic N) is 3. The molecule has 27 heavy (non-hydrogen) atoms. The normalized spacial score (nSPS) is 12.2. The monoisotopic (exact) mass is 390 g/mol. The Balaban J connectivity index is 1.96. The van der Waals surface area contributed by atoms with Gasteiger partial charge in [0, 0.05) is 50.6 Å². The largest absolute Gasteiger partial charge is 0.383 e. The average Bonchev–Trinajstić information content (AvgIpc) is 3.10. The number of hydrogen-bond acceptors (Lipinski definition) is 6. The molecule has 0 bridgehead atoms. The molecule has 0 saturated carbocycles. The first-order valence-corrected chi connectivity index (χ1v) is 10.2. The first-order valence-electron chi connectivity index (χ1n) is 9.39. The average molecular weight is 391 g/mol. The third-order valence-electron chi connectivity index (χ3n) is 4.50. The topological polar surface area (TPSA) is 67.3 Å². The highest BCUT2D eigenvalue weighted by Crippen LogP contribution is 2.19. The molecule has 1 atom stereocenters. The highest BCUT2D eigenvalue weighted by molar-refractivity contribution is 7.09. The molecular weight excluding hydrogens is 360 g/mol. The van der Waals surface area contributed by atoms with Crippen LogP contribution in [0.1, 0.15) is 38.6 Å². The number of aromatic nitrogens is 2. The predicted octanol–water partition coefficient (Wildman–Crippen LogP) is 3.13. The van der Waals surface area contributed by atoms with Crippen LogP contribution in [-0.4, -0.2) is 48.1 Å². The van der Waals surface area contributed by atoms with Crippen molar-refractivity contribution in [1.29, 1.82) is 0 Å². The molecule has 1 heterocycles. The summed E-state index contributed by atoms with van der Waals surface area (Å²) in [6.45, 7) is 8.10. The second-order valence-corrected chi connectivity index (χ2v) is 7.72. The van der Waals surface area contributed by atoms with Crippen LogP contribution < -0.4 is 10.2 Å². The molecular formula is C20H30N4O2S. The summed E-state index contributed by atoms with van der Waals surface area (Å²) < 4.78 is 9.70. The first kappa shape index (κ1) is 21.3. The van der Waals surface area contributed by atoms with Gasteiger partial charge in [-0.25, -0.2) is 4.98 Å². The number of ether oxygens (including phenoxy) is 1. The van der Waals surface area contributed by atoms with E-state index in [9.17, 15) is 4.79 Å². The van der Waals surface area contributed by atoms with Crippen molar-refractivity contribution in [2.24, 2.45) is 5.92 Å². The van der Waals surface area contributed by atoms with Crippen molar-refractivity contribution in [3.63, 3.8) is 0 Å². The van der Waals surface area contributed by atoms with Gasteiger partial charge in [0.1, 0.15) is 5.82 Å². The van der Waals surface area contributed by atoms with Crippen LogP contribution in [0.15, 0.2) is 30.3 Å². The second-order valence-electron chi connectivity index (χ2n) is 6.99. The second kappa shape index (κ2) is 11.0. The lowest BCUT2D eigenvalue weighted by Gasteiger charge is -2.22. The molecule has 1 aromatic carbocycles. The van der Waals surface area contributed by atoms with E-state index in [1.165, 1.54) is 17.1 Å². The van der Waals surface area contributed by atoms with Crippen LogP contribution in [0.2, 0.25) is 0 Å². The minimum Gasteiger partial charge on any atom is -0.383 e. The van der Waals surface area contributed by atoms with Crippen LogP contribution in [0.5, 0.6) is 0 Å². The molecule has 1 amide bonds. The molecule has 0 aliphatic rings. The first-order chi connectivity index (χ1) is 13.0. The highest BCUT2D eigenvalue weighted by Gasteiger charge is 2.16. The number of carbonyl (C=O) groups excluding carboxylic acids is 1. The third kappa shape index (κ3) is 7.27. The standard InChI is InChI=1S/C20H30N4O2S/c1-15(2)16(3)21-19(25)10-11-24(12-13-26-4)20-22-18(23-27-20)14-17-8-6-5-7-9-17/h5-9,15-16H,10-14H2,1-4H3,(H,21,25). The summed E-state index contributed by atoms with van der Waals surface area (Å²) in [4.78, 5) is 19.0. The Kier molecular flexibility index (Phi) is 8.67. The van der Waals surface area contributed by atoms with Gasteiger partial charge in [-0.1, -0.05) is 44.2 Å². The fourth-order valence-corrected chi connectivity index (χ4v) is 3.19. The zero-order valence-corrected chi connectivity index (χ0v) is 17.5. The van der Waals surface area contributed by atoms with Crippen molar-refractivity contribution in [3.8, 4) is 0 Å². The maximum absolute atomic E-state index is 12.2. The molecule has 2 aromatic rings. The molecule has 148 valence electrons. The number of rotatable bonds is 11. The van der Waals surface area contributed by atoms with Crippen molar-refractivity contribution < 1.29 is 9.53 Å². The van der Waals surface area contributed by atoms with Crippen LogP contribution >= 0.6 is 11.5 Å². The molecule has 0 fully saturated rings. The van der Waals surface area contributed by atoms with E-state index in [-0.39, 0.29) is 11.9 Å². The molecule has 1 unspecified atom stereocenters. The van der Waals surface area contributed by atoms with E-state index < -0.39 is 0 Å². The summed E-state index contributed by atoms with van der Waals surface area (Å²) in [6, 6.07) is 10.4. The number of hydrogen-bond donors (Lipinski definition) is 1. The maximum atomic E-state index is 12.2. The molecule has 0 aliphatic carbocycles. The Labute approximate surface area is 166 Å². The van der Waals surface area contributed by atoms with Crippen molar-refractivity contribution in [2.75, 3.05) is 31.7 Å². The quantitative estimate of drug-likeness (QED) is 0.638. The van der Waals surface area contributed by atoms with E-state index in [1.54, 1.807) is 7.11 Å². The molecule has 1 aromatic heterocycles. The van der Waals surface area contributed by atoms with Gasteiger partial charge in [-0.3, -0.25) is 4.79 Å². The number of methoxy groups -OCH3 is 1. The van der Waals surface area contributed by atoms with E-state index in [2.05, 4.69) is 45.6 Å². The molecule has 1 N–H and O–H groups in total. The summed E-state index contributed by atoms with van der Waals surface area (Å²) in [5, 5.41) is 3.89. The zero-order chi connectivity index (χ0) is 19.6. The number of benzene rings is 1. The number of anilines is 1. The fourth-order valence-electron chi connectivity index (χ4n) is 2.46. The summed E-state index contributed by atoms with van der Waals surface area (Å²) in [6.07, 6.45) is 1.14. The SMILES string of the molecule is COCCN(CCC(=O)NC(C)C(C)C)c1nc(Cc2ccccc2)ns1. The van der Waals surface area contributed by atoms with Gasteiger partial charge in [-0.15, -0.1) is 0 Å². The highest BCUT2D eigenvalue weighted by atomic mass is 32.1. The Bertz CT molecular complexity index is 690. The minimum absolute atomic E-state index is 0.0626. The van der Waals surface area contributed by atoms with Crippen molar-refractivity contribution >= 4 is 22.6 Å². The Morgan fingerprint density at radius 3 is 2.63 bits per heavy atom. The summed E-state index contributed by atoms with van der Waals surface area (Å²) in [5.74, 6) is 1.29. The zero-order valence-electron chi connectivity index (χ0n) is 16.6. The number of carbonyl (C=O) groups is 1. The van der Waals surface area contributed by atoms with Gasteiger partial charge in [0.05, 0.1) is 6.61 Å². The summed E-state index contributed by atoms with van der Waals surface area (Å²) >= 11 is 1.38. The van der Waals surface area contributed by atoms with Crippen molar-refractivity contribution in [2.45, 2.75) is 39.7 Å². The Morgan fingerprint density at radius 1 is 1.22 bits per heavy atom. The van der Waals surface area contributed by atoms with E-state index in [1.807, 2.05) is 25.1 Å². The maximum Gasteiger partial charge on any atom is 0.221 e. The molecule has 2 rings (SSSR count). The lowest BCUT2D eigenvalue weighted by molar-refractivity contribution is -0.121. The van der Waals surface area contributed by atoms with Crippen LogP contribution in [0.25, 0.3) is 0 Å². The van der Waals surface area contributed by atoms with Gasteiger partial charge in [0.15, 0.2) is 0 Å². The van der Waals surface area contributed by atoms with Crippen molar-refractivity contribution in [1.82, 2.24) is 14.7 Å². The van der Waals surface area contributed by atoms with Gasteiger partial charge in [0.2, 0.25) is 11.0 Å². The van der Waals surface area contributed by atoms with Crippen LogP contribution in [0.3, 0.4) is 0 Å². The third-order valence-corrected chi connectivity index (χ3v) is 5.31. The minimum atomic E-state index is 0.0626. The number of nitrogens with one attached hydrogen (secondary N) is 1. The predicted molar refractivity (Wildman–Crippen MR) is 110 cm³/mol. The van der Waals surface area contributed by atoms with Crippen molar-refractivity contribution in [3.05, 3.63) is 41.7 Å². The van der Waals surface area contributed by atoms with E-state index in [0.29, 0.717) is 38.5 Å². The van der Waals surface area contributed by atoms with Gasteiger partial charge >= 0.3 is 0 Å². The van der Waals surface area contributed by atoms with Gasteiger partial charge < -0.3 is 15.0 Å². The Hall–Kier alpha value is -1.99. The van der Waals surface area contributed by atoms with Gasteiger partial charge in [0.25, 0.3) is 0 Å². The lowest BCUT2D eigenvalue weighted by atomic mass is 10.1. The molecule has 0 aliphatic heterocycles. The summed E-state index contributed by atoms with van der Waals surface area (Å²) in [5.41, 5.74) is 1.19.